The van der Waals surface area contributed by atoms with E-state index in [2.05, 4.69) is 40.2 Å². The summed E-state index contributed by atoms with van der Waals surface area (Å²) in [5.41, 5.74) is 1.16. The van der Waals surface area contributed by atoms with Crippen LogP contribution in [0.2, 0.25) is 0 Å². The summed E-state index contributed by atoms with van der Waals surface area (Å²) < 4.78 is 1.07. The van der Waals surface area contributed by atoms with E-state index in [4.69, 9.17) is 11.6 Å². The Morgan fingerprint density at radius 3 is 2.50 bits per heavy atom. The van der Waals surface area contributed by atoms with Crippen molar-refractivity contribution in [3.05, 3.63) is 58.6 Å². The predicted molar refractivity (Wildman–Crippen MR) is 74.3 cm³/mol. The van der Waals surface area contributed by atoms with Crippen molar-refractivity contribution in [2.24, 2.45) is 0 Å². The van der Waals surface area contributed by atoms with Crippen molar-refractivity contribution < 1.29 is 0 Å². The van der Waals surface area contributed by atoms with Crippen molar-refractivity contribution in [3.63, 3.8) is 0 Å². The molecule has 3 heteroatoms. The molecule has 0 bridgehead atoms. The van der Waals surface area contributed by atoms with Crippen molar-refractivity contribution >= 4 is 39.3 Å². The number of hydrogen-bond donors (Lipinski definition) is 0. The molecule has 82 valence electrons. The van der Waals surface area contributed by atoms with Crippen molar-refractivity contribution in [1.29, 1.82) is 0 Å². The molecular formula is C13H10BrClS. The first kappa shape index (κ1) is 12.0. The van der Waals surface area contributed by atoms with Gasteiger partial charge in [0.05, 0.1) is 0 Å². The monoisotopic (exact) mass is 312 g/mol. The van der Waals surface area contributed by atoms with E-state index >= 15 is 0 Å². The van der Waals surface area contributed by atoms with Gasteiger partial charge in [0.25, 0.3) is 0 Å². The van der Waals surface area contributed by atoms with Crippen LogP contribution in [0.25, 0.3) is 0 Å². The Kier molecular flexibility index (Phi) is 4.33. The molecule has 0 unspecified atom stereocenters. The summed E-state index contributed by atoms with van der Waals surface area (Å²) in [5, 5.41) is 0. The molecule has 0 saturated heterocycles. The molecule has 2 aromatic carbocycles. The third-order valence-electron chi connectivity index (χ3n) is 2.14. The van der Waals surface area contributed by atoms with E-state index < -0.39 is 0 Å². The molecule has 0 spiro atoms. The molecule has 0 heterocycles. The van der Waals surface area contributed by atoms with Gasteiger partial charge in [0.1, 0.15) is 0 Å². The van der Waals surface area contributed by atoms with E-state index in [1.165, 1.54) is 9.79 Å². The predicted octanol–water partition coefficient (Wildman–Crippen LogP) is 5.34. The maximum absolute atomic E-state index is 5.94. The van der Waals surface area contributed by atoms with Crippen LogP contribution in [0.4, 0.5) is 0 Å². The molecule has 0 radical (unpaired) electrons. The lowest BCUT2D eigenvalue weighted by Crippen LogP contribution is -1.83. The molecule has 0 nitrogen and oxygen atoms in total. The van der Waals surface area contributed by atoms with Crippen LogP contribution in [0.5, 0.6) is 0 Å². The van der Waals surface area contributed by atoms with Gasteiger partial charge in [-0.3, -0.25) is 0 Å². The minimum Gasteiger partial charge on any atom is -0.122 e. The van der Waals surface area contributed by atoms with Crippen molar-refractivity contribution in [2.75, 3.05) is 0 Å². The average Bonchev–Trinajstić information content (AvgIpc) is 2.33. The van der Waals surface area contributed by atoms with Gasteiger partial charge in [-0.05, 0) is 35.9 Å². The summed E-state index contributed by atoms with van der Waals surface area (Å²) in [5.74, 6) is 0.536. The van der Waals surface area contributed by atoms with Gasteiger partial charge in [-0.1, -0.05) is 45.9 Å². The SMILES string of the molecule is ClCc1cc(Br)ccc1Sc1ccccc1. The van der Waals surface area contributed by atoms with Crippen molar-refractivity contribution in [1.82, 2.24) is 0 Å². The number of rotatable bonds is 3. The van der Waals surface area contributed by atoms with Crippen molar-refractivity contribution in [2.45, 2.75) is 15.7 Å². The number of hydrogen-bond acceptors (Lipinski definition) is 1. The van der Waals surface area contributed by atoms with Gasteiger partial charge >= 0.3 is 0 Å². The fourth-order valence-electron chi connectivity index (χ4n) is 1.37. The molecule has 0 aromatic heterocycles. The first-order valence-corrected chi connectivity index (χ1v) is 7.01. The maximum atomic E-state index is 5.94. The fourth-order valence-corrected chi connectivity index (χ4v) is 3.02. The van der Waals surface area contributed by atoms with E-state index in [0.717, 1.165) is 10.0 Å². The van der Waals surface area contributed by atoms with Gasteiger partial charge in [-0.25, -0.2) is 0 Å². The summed E-state index contributed by atoms with van der Waals surface area (Å²) in [6, 6.07) is 16.5. The number of benzene rings is 2. The van der Waals surface area contributed by atoms with Gasteiger partial charge in [-0.2, -0.15) is 0 Å². The Labute approximate surface area is 113 Å². The first-order chi connectivity index (χ1) is 7.79. The number of halogens is 2. The molecule has 16 heavy (non-hydrogen) atoms. The zero-order valence-corrected chi connectivity index (χ0v) is 11.6. The van der Waals surface area contributed by atoms with Crippen LogP contribution in [0, 0.1) is 0 Å². The first-order valence-electron chi connectivity index (χ1n) is 4.87. The zero-order valence-electron chi connectivity index (χ0n) is 8.49. The van der Waals surface area contributed by atoms with E-state index in [9.17, 15) is 0 Å². The smallest absolute Gasteiger partial charge is 0.0485 e. The maximum Gasteiger partial charge on any atom is 0.0485 e. The average molecular weight is 314 g/mol. The second-order valence-corrected chi connectivity index (χ2v) is 5.60. The van der Waals surface area contributed by atoms with E-state index in [-0.39, 0.29) is 0 Å². The third-order valence-corrected chi connectivity index (χ3v) is 4.04. The Bertz CT molecular complexity index is 471. The Morgan fingerprint density at radius 2 is 1.81 bits per heavy atom. The van der Waals surface area contributed by atoms with Crippen LogP contribution in [-0.2, 0) is 5.88 Å². The lowest BCUT2D eigenvalue weighted by molar-refractivity contribution is 1.24. The Balaban J connectivity index is 2.28. The molecule has 0 saturated carbocycles. The van der Waals surface area contributed by atoms with Crippen LogP contribution in [0.3, 0.4) is 0 Å². The standard InChI is InChI=1S/C13H10BrClS/c14-11-6-7-13(10(8-11)9-15)16-12-4-2-1-3-5-12/h1-8H,9H2. The Morgan fingerprint density at radius 1 is 1.06 bits per heavy atom. The van der Waals surface area contributed by atoms with Crippen molar-refractivity contribution in [3.8, 4) is 0 Å². The summed E-state index contributed by atoms with van der Waals surface area (Å²) >= 11 is 11.1. The van der Waals surface area contributed by atoms with Crippen LogP contribution in [0.15, 0.2) is 62.8 Å². The zero-order chi connectivity index (χ0) is 11.4. The quantitative estimate of drug-likeness (QED) is 0.689. The lowest BCUT2D eigenvalue weighted by Gasteiger charge is -2.07. The molecule has 0 fully saturated rings. The minimum absolute atomic E-state index is 0.536. The molecule has 2 rings (SSSR count). The highest BCUT2D eigenvalue weighted by Crippen LogP contribution is 2.32. The van der Waals surface area contributed by atoms with Gasteiger partial charge in [-0.15, -0.1) is 11.6 Å². The van der Waals surface area contributed by atoms with E-state index in [1.807, 2.05) is 24.3 Å². The van der Waals surface area contributed by atoms with Crippen LogP contribution >= 0.6 is 39.3 Å². The summed E-state index contributed by atoms with van der Waals surface area (Å²) in [6.07, 6.45) is 0. The molecule has 0 aliphatic heterocycles. The highest BCUT2D eigenvalue weighted by Gasteiger charge is 2.04. The fraction of sp³-hybridized carbons (Fsp3) is 0.0769. The second kappa shape index (κ2) is 5.76. The van der Waals surface area contributed by atoms with Crippen LogP contribution < -0.4 is 0 Å². The summed E-state index contributed by atoms with van der Waals surface area (Å²) in [6.45, 7) is 0. The second-order valence-electron chi connectivity index (χ2n) is 3.30. The third kappa shape index (κ3) is 3.03. The summed E-state index contributed by atoms with van der Waals surface area (Å²) in [4.78, 5) is 2.44. The van der Waals surface area contributed by atoms with Crippen LogP contribution in [-0.4, -0.2) is 0 Å². The van der Waals surface area contributed by atoms with E-state index in [1.54, 1.807) is 11.8 Å². The van der Waals surface area contributed by atoms with Gasteiger partial charge in [0.2, 0.25) is 0 Å². The molecule has 0 amide bonds. The molecule has 0 aliphatic carbocycles. The van der Waals surface area contributed by atoms with Gasteiger partial charge in [0, 0.05) is 20.1 Å². The molecular weight excluding hydrogens is 304 g/mol. The lowest BCUT2D eigenvalue weighted by atomic mass is 10.2. The molecule has 0 aliphatic rings. The highest BCUT2D eigenvalue weighted by atomic mass is 79.9. The molecule has 0 N–H and O–H groups in total. The van der Waals surface area contributed by atoms with Gasteiger partial charge < -0.3 is 0 Å². The van der Waals surface area contributed by atoms with Crippen LogP contribution in [0.1, 0.15) is 5.56 Å². The number of alkyl halides is 1. The largest absolute Gasteiger partial charge is 0.122 e. The molecule has 0 atom stereocenters. The molecule has 2 aromatic rings. The minimum atomic E-state index is 0.536. The summed E-state index contributed by atoms with van der Waals surface area (Å²) in [7, 11) is 0. The van der Waals surface area contributed by atoms with E-state index in [0.29, 0.717) is 5.88 Å². The van der Waals surface area contributed by atoms with Gasteiger partial charge in [0.15, 0.2) is 0 Å². The normalized spacial score (nSPS) is 10.4. The topological polar surface area (TPSA) is 0 Å². The Hall–Kier alpha value is -0.440. The highest BCUT2D eigenvalue weighted by molar-refractivity contribution is 9.10.